The molecule has 0 heterocycles. The largest absolute Gasteiger partial charge is 0.480 e. The lowest BCUT2D eigenvalue weighted by molar-refractivity contribution is -0.195. The number of carboxylic acid groups (broad SMARTS) is 1. The first-order valence-electron chi connectivity index (χ1n) is 9.66. The van der Waals surface area contributed by atoms with E-state index in [-0.39, 0.29) is 43.7 Å². The number of esters is 1. The molecule has 7 nitrogen and oxygen atoms in total. The summed E-state index contributed by atoms with van der Waals surface area (Å²) in [6, 6.07) is 5.10. The molecule has 2 atom stereocenters. The highest BCUT2D eigenvalue weighted by atomic mass is 19.4. The van der Waals surface area contributed by atoms with Gasteiger partial charge in [0.25, 0.3) is 0 Å². The zero-order valence-electron chi connectivity index (χ0n) is 16.7. The Bertz CT molecular complexity index is 697. The summed E-state index contributed by atoms with van der Waals surface area (Å²) in [6.45, 7) is 1.56. The smallest absolute Gasteiger partial charge is 0.471 e. The quantitative estimate of drug-likeness (QED) is 0.388. The zero-order chi connectivity index (χ0) is 22.7. The van der Waals surface area contributed by atoms with Crippen LogP contribution in [0.3, 0.4) is 0 Å². The molecule has 0 fully saturated rings. The number of aryl methyl sites for hydroxylation is 1. The Balaban J connectivity index is 3.31. The van der Waals surface area contributed by atoms with Crippen LogP contribution in [0.1, 0.15) is 38.2 Å². The van der Waals surface area contributed by atoms with Crippen LogP contribution >= 0.6 is 0 Å². The number of nitrogens with zero attached hydrogens (tertiary/aromatic N) is 1. The molecule has 3 N–H and O–H groups in total. The van der Waals surface area contributed by atoms with Crippen molar-refractivity contribution in [1.29, 1.82) is 0 Å². The van der Waals surface area contributed by atoms with Gasteiger partial charge in [-0.2, -0.15) is 13.2 Å². The summed E-state index contributed by atoms with van der Waals surface area (Å²) >= 11 is 0. The topological polar surface area (TPSA) is 110 Å². The molecule has 30 heavy (non-hydrogen) atoms. The summed E-state index contributed by atoms with van der Waals surface area (Å²) in [6.07, 6.45) is -5.13. The second-order valence-corrected chi connectivity index (χ2v) is 6.64. The van der Waals surface area contributed by atoms with Gasteiger partial charge in [-0.25, -0.2) is 9.59 Å². The standard InChI is InChI=1S/C20H27F3N2O5/c1-2-30-18(28)16(12-11-14-8-4-3-5-9-14)25(19(29)20(21,22)23)15(17(26)27)10-6-7-13-24/h3-5,8-9,15-16H,2,6-7,10-13,24H2,1H3,(H,26,27). The van der Waals surface area contributed by atoms with Crippen LogP contribution in [0, 0.1) is 0 Å². The number of carboxylic acids is 1. The van der Waals surface area contributed by atoms with E-state index in [1.54, 1.807) is 30.3 Å². The van der Waals surface area contributed by atoms with Gasteiger partial charge in [0, 0.05) is 0 Å². The average Bonchev–Trinajstić information content (AvgIpc) is 2.69. The lowest BCUT2D eigenvalue weighted by atomic mass is 9.99. The van der Waals surface area contributed by atoms with Gasteiger partial charge in [-0.05, 0) is 51.1 Å². The number of benzene rings is 1. The third kappa shape index (κ3) is 7.66. The molecule has 168 valence electrons. The van der Waals surface area contributed by atoms with E-state index in [0.717, 1.165) is 5.56 Å². The van der Waals surface area contributed by atoms with Gasteiger partial charge in [-0.15, -0.1) is 0 Å². The van der Waals surface area contributed by atoms with Gasteiger partial charge in [-0.3, -0.25) is 4.79 Å². The summed E-state index contributed by atoms with van der Waals surface area (Å²) in [4.78, 5) is 36.6. The van der Waals surface area contributed by atoms with Crippen molar-refractivity contribution in [3.8, 4) is 0 Å². The van der Waals surface area contributed by atoms with Crippen LogP contribution < -0.4 is 5.73 Å². The fraction of sp³-hybridized carbons (Fsp3) is 0.550. The Morgan fingerprint density at radius 3 is 2.23 bits per heavy atom. The molecule has 10 heteroatoms. The highest BCUT2D eigenvalue weighted by molar-refractivity contribution is 5.91. The van der Waals surface area contributed by atoms with E-state index in [9.17, 15) is 32.7 Å². The first-order chi connectivity index (χ1) is 14.1. The Morgan fingerprint density at radius 1 is 1.10 bits per heavy atom. The SMILES string of the molecule is CCOC(=O)C(CCc1ccccc1)N(C(=O)C(F)(F)F)C(CCCCN)C(=O)O. The Kier molecular flexibility index (Phi) is 10.3. The maximum atomic E-state index is 13.3. The van der Waals surface area contributed by atoms with Crippen molar-refractivity contribution in [1.82, 2.24) is 4.90 Å². The number of hydrogen-bond acceptors (Lipinski definition) is 5. The number of amides is 1. The number of rotatable bonds is 12. The number of alkyl halides is 3. The minimum absolute atomic E-state index is 0.125. The lowest BCUT2D eigenvalue weighted by Gasteiger charge is -2.35. The van der Waals surface area contributed by atoms with Crippen LogP contribution in [0.2, 0.25) is 0 Å². The van der Waals surface area contributed by atoms with Crippen molar-refractivity contribution in [3.63, 3.8) is 0 Å². The number of hydrogen-bond donors (Lipinski definition) is 2. The van der Waals surface area contributed by atoms with Gasteiger partial charge in [-0.1, -0.05) is 30.3 Å². The summed E-state index contributed by atoms with van der Waals surface area (Å²) < 4.78 is 44.9. The van der Waals surface area contributed by atoms with Crippen molar-refractivity contribution < 1.29 is 37.4 Å². The highest BCUT2D eigenvalue weighted by Crippen LogP contribution is 2.26. The number of ether oxygens (including phenoxy) is 1. The second kappa shape index (κ2) is 12.2. The molecule has 0 aliphatic heterocycles. The van der Waals surface area contributed by atoms with E-state index < -0.39 is 36.1 Å². The summed E-state index contributed by atoms with van der Waals surface area (Å²) in [5.41, 5.74) is 6.10. The second-order valence-electron chi connectivity index (χ2n) is 6.64. The molecule has 2 unspecified atom stereocenters. The van der Waals surface area contributed by atoms with Crippen LogP contribution in [0.15, 0.2) is 30.3 Å². The molecule has 0 aromatic heterocycles. The number of carbonyl (C=O) groups is 3. The fourth-order valence-electron chi connectivity index (χ4n) is 3.07. The van der Waals surface area contributed by atoms with Gasteiger partial charge in [0.1, 0.15) is 12.1 Å². The van der Waals surface area contributed by atoms with Gasteiger partial charge < -0.3 is 20.5 Å². The Labute approximate surface area is 173 Å². The van der Waals surface area contributed by atoms with Gasteiger partial charge >= 0.3 is 24.0 Å². The predicted octanol–water partition coefficient (Wildman–Crippen LogP) is 2.52. The van der Waals surface area contributed by atoms with Crippen LogP contribution in [-0.2, 0) is 25.5 Å². The number of carbonyl (C=O) groups excluding carboxylic acids is 2. The molecule has 0 aliphatic rings. The molecule has 1 aromatic rings. The molecular formula is C20H27F3N2O5. The van der Waals surface area contributed by atoms with E-state index in [0.29, 0.717) is 6.42 Å². The van der Waals surface area contributed by atoms with E-state index in [2.05, 4.69) is 0 Å². The molecule has 0 aliphatic carbocycles. The van der Waals surface area contributed by atoms with Gasteiger partial charge in [0.15, 0.2) is 0 Å². The van der Waals surface area contributed by atoms with Crippen molar-refractivity contribution >= 4 is 17.8 Å². The predicted molar refractivity (Wildman–Crippen MR) is 102 cm³/mol. The summed E-state index contributed by atoms with van der Waals surface area (Å²) in [5, 5.41) is 9.56. The Morgan fingerprint density at radius 2 is 1.73 bits per heavy atom. The fourth-order valence-corrected chi connectivity index (χ4v) is 3.07. The molecule has 0 saturated carbocycles. The van der Waals surface area contributed by atoms with Crippen molar-refractivity contribution in [2.45, 2.75) is 57.3 Å². The third-order valence-corrected chi connectivity index (χ3v) is 4.47. The summed E-state index contributed by atoms with van der Waals surface area (Å²) in [5.74, 6) is -5.08. The van der Waals surface area contributed by atoms with E-state index >= 15 is 0 Å². The number of nitrogens with two attached hydrogens (primary N) is 1. The van der Waals surface area contributed by atoms with Crippen LogP contribution in [-0.4, -0.2) is 59.3 Å². The number of unbranched alkanes of at least 4 members (excludes halogenated alkanes) is 1. The van der Waals surface area contributed by atoms with Crippen molar-refractivity contribution in [2.75, 3.05) is 13.2 Å². The van der Waals surface area contributed by atoms with Crippen molar-refractivity contribution in [3.05, 3.63) is 35.9 Å². The normalized spacial score (nSPS) is 13.4. The molecule has 0 spiro atoms. The maximum Gasteiger partial charge on any atom is 0.471 e. The summed E-state index contributed by atoms with van der Waals surface area (Å²) in [7, 11) is 0. The number of halogens is 3. The molecule has 1 rings (SSSR count). The Hall–Kier alpha value is -2.62. The minimum atomic E-state index is -5.35. The van der Waals surface area contributed by atoms with Gasteiger partial charge in [0.05, 0.1) is 6.61 Å². The minimum Gasteiger partial charge on any atom is -0.480 e. The molecular weight excluding hydrogens is 405 g/mol. The third-order valence-electron chi connectivity index (χ3n) is 4.47. The molecule has 0 radical (unpaired) electrons. The first kappa shape index (κ1) is 25.4. The van der Waals surface area contributed by atoms with E-state index in [4.69, 9.17) is 10.5 Å². The lowest BCUT2D eigenvalue weighted by Crippen LogP contribution is -2.58. The van der Waals surface area contributed by atoms with Crippen LogP contribution in [0.5, 0.6) is 0 Å². The first-order valence-corrected chi connectivity index (χ1v) is 9.66. The molecule has 1 amide bonds. The maximum absolute atomic E-state index is 13.3. The molecule has 1 aromatic carbocycles. The van der Waals surface area contributed by atoms with E-state index in [1.165, 1.54) is 6.92 Å². The zero-order valence-corrected chi connectivity index (χ0v) is 16.7. The molecule has 0 bridgehead atoms. The van der Waals surface area contributed by atoms with Crippen LogP contribution in [0.25, 0.3) is 0 Å². The van der Waals surface area contributed by atoms with Crippen LogP contribution in [0.4, 0.5) is 13.2 Å². The van der Waals surface area contributed by atoms with E-state index in [1.807, 2.05) is 0 Å². The van der Waals surface area contributed by atoms with Crippen molar-refractivity contribution in [2.24, 2.45) is 5.73 Å². The number of aliphatic carboxylic acids is 1. The highest BCUT2D eigenvalue weighted by Gasteiger charge is 2.50. The monoisotopic (exact) mass is 432 g/mol. The molecule has 0 saturated heterocycles. The van der Waals surface area contributed by atoms with Gasteiger partial charge in [0.2, 0.25) is 0 Å². The average molecular weight is 432 g/mol.